The van der Waals surface area contributed by atoms with Crippen molar-refractivity contribution < 1.29 is 19.4 Å². The lowest BCUT2D eigenvalue weighted by atomic mass is 10.00. The quantitative estimate of drug-likeness (QED) is 0.675. The molecule has 0 aliphatic heterocycles. The van der Waals surface area contributed by atoms with Crippen molar-refractivity contribution in [2.24, 2.45) is 0 Å². The molecule has 0 aromatic heterocycles. The van der Waals surface area contributed by atoms with Crippen LogP contribution in [-0.4, -0.2) is 37.3 Å². The number of nitrogens with zero attached hydrogens (tertiary/aromatic N) is 1. The Hall–Kier alpha value is -3.02. The second-order valence-electron chi connectivity index (χ2n) is 6.50. The average molecular weight is 384 g/mol. The fourth-order valence-corrected chi connectivity index (χ4v) is 2.84. The van der Waals surface area contributed by atoms with Crippen molar-refractivity contribution in [1.82, 2.24) is 5.32 Å². The summed E-state index contributed by atoms with van der Waals surface area (Å²) in [6.07, 6.45) is 1.42. The van der Waals surface area contributed by atoms with E-state index in [4.69, 9.17) is 9.84 Å². The van der Waals surface area contributed by atoms with Crippen molar-refractivity contribution in [3.8, 4) is 16.9 Å². The van der Waals surface area contributed by atoms with Gasteiger partial charge in [-0.25, -0.2) is 4.79 Å². The molecule has 2 rings (SSSR count). The average Bonchev–Trinajstić information content (AvgIpc) is 2.70. The lowest BCUT2D eigenvalue weighted by Crippen LogP contribution is -2.37. The predicted octanol–water partition coefficient (Wildman–Crippen LogP) is 4.33. The molecule has 150 valence electrons. The third-order valence-electron chi connectivity index (χ3n) is 4.35. The third kappa shape index (κ3) is 5.74. The van der Waals surface area contributed by atoms with Crippen molar-refractivity contribution in [3.05, 3.63) is 48.0 Å². The first-order valence-electron chi connectivity index (χ1n) is 9.55. The van der Waals surface area contributed by atoms with E-state index < -0.39 is 5.97 Å². The molecule has 0 aliphatic rings. The SMILES string of the molecule is CCCNC(=O)N(C)c1cccc(-c2ccc(CCC(=O)O)cc2OCC)c1. The van der Waals surface area contributed by atoms with Crippen molar-refractivity contribution in [3.63, 3.8) is 0 Å². The molecular weight excluding hydrogens is 356 g/mol. The van der Waals surface area contributed by atoms with Gasteiger partial charge in [0.05, 0.1) is 6.61 Å². The molecule has 0 bridgehead atoms. The minimum absolute atomic E-state index is 0.0814. The minimum Gasteiger partial charge on any atom is -0.493 e. The van der Waals surface area contributed by atoms with Crippen LogP contribution >= 0.6 is 0 Å². The summed E-state index contributed by atoms with van der Waals surface area (Å²) in [4.78, 5) is 24.6. The monoisotopic (exact) mass is 384 g/mol. The fourth-order valence-electron chi connectivity index (χ4n) is 2.84. The summed E-state index contributed by atoms with van der Waals surface area (Å²) in [7, 11) is 1.74. The molecule has 0 saturated heterocycles. The van der Waals surface area contributed by atoms with E-state index in [1.165, 1.54) is 0 Å². The second-order valence-corrected chi connectivity index (χ2v) is 6.50. The van der Waals surface area contributed by atoms with Crippen molar-refractivity contribution in [1.29, 1.82) is 0 Å². The maximum atomic E-state index is 12.2. The standard InChI is InChI=1S/C22H28N2O4/c1-4-13-23-22(27)24(3)18-8-6-7-17(15-18)19-11-9-16(10-12-21(25)26)14-20(19)28-5-2/h6-9,11,14-15H,4-5,10,12-13H2,1-3H3,(H,23,27)(H,25,26). The highest BCUT2D eigenvalue weighted by Gasteiger charge is 2.13. The van der Waals surface area contributed by atoms with Crippen LogP contribution in [0.2, 0.25) is 0 Å². The first-order chi connectivity index (χ1) is 13.5. The second kappa shape index (κ2) is 10.3. The number of carbonyl (C=O) groups is 2. The molecule has 2 amide bonds. The van der Waals surface area contributed by atoms with Crippen LogP contribution in [0.3, 0.4) is 0 Å². The Morgan fingerprint density at radius 1 is 1.14 bits per heavy atom. The van der Waals surface area contributed by atoms with Crippen LogP contribution in [0, 0.1) is 0 Å². The van der Waals surface area contributed by atoms with E-state index in [0.717, 1.165) is 28.8 Å². The molecule has 2 N–H and O–H groups in total. The first kappa shape index (κ1) is 21.3. The summed E-state index contributed by atoms with van der Waals surface area (Å²) in [6, 6.07) is 13.3. The van der Waals surface area contributed by atoms with Crippen LogP contribution < -0.4 is 15.0 Å². The Balaban J connectivity index is 2.30. The third-order valence-corrected chi connectivity index (χ3v) is 4.35. The van der Waals surface area contributed by atoms with Gasteiger partial charge in [0.25, 0.3) is 0 Å². The van der Waals surface area contributed by atoms with E-state index in [1.54, 1.807) is 11.9 Å². The van der Waals surface area contributed by atoms with Gasteiger partial charge in [-0.05, 0) is 49.1 Å². The summed E-state index contributed by atoms with van der Waals surface area (Å²) in [5.41, 5.74) is 3.54. The van der Waals surface area contributed by atoms with Gasteiger partial charge < -0.3 is 15.2 Å². The normalized spacial score (nSPS) is 10.4. The van der Waals surface area contributed by atoms with Crippen molar-refractivity contribution in [2.45, 2.75) is 33.1 Å². The Labute approximate surface area is 166 Å². The van der Waals surface area contributed by atoms with Gasteiger partial charge in [0.1, 0.15) is 5.75 Å². The highest BCUT2D eigenvalue weighted by Crippen LogP contribution is 2.33. The molecule has 0 spiro atoms. The molecule has 0 fully saturated rings. The molecule has 2 aromatic rings. The zero-order valence-electron chi connectivity index (χ0n) is 16.7. The number of carboxylic acids is 1. The number of carbonyl (C=O) groups excluding carboxylic acids is 1. The largest absolute Gasteiger partial charge is 0.493 e. The molecule has 6 heteroatoms. The number of benzene rings is 2. The van der Waals surface area contributed by atoms with Gasteiger partial charge in [-0.1, -0.05) is 31.2 Å². The highest BCUT2D eigenvalue weighted by atomic mass is 16.5. The van der Waals surface area contributed by atoms with Crippen LogP contribution in [0.1, 0.15) is 32.3 Å². The van der Waals surface area contributed by atoms with Crippen molar-refractivity contribution >= 4 is 17.7 Å². The van der Waals surface area contributed by atoms with Gasteiger partial charge in [-0.3, -0.25) is 9.69 Å². The molecule has 0 atom stereocenters. The lowest BCUT2D eigenvalue weighted by molar-refractivity contribution is -0.136. The van der Waals surface area contributed by atoms with Gasteiger partial charge in [0.2, 0.25) is 0 Å². The van der Waals surface area contributed by atoms with Crippen molar-refractivity contribution in [2.75, 3.05) is 25.1 Å². The van der Waals surface area contributed by atoms with E-state index in [2.05, 4.69) is 5.32 Å². The van der Waals surface area contributed by atoms with E-state index in [-0.39, 0.29) is 12.5 Å². The van der Waals surface area contributed by atoms with Crippen LogP contribution in [0.15, 0.2) is 42.5 Å². The minimum atomic E-state index is -0.820. The number of anilines is 1. The molecule has 28 heavy (non-hydrogen) atoms. The first-order valence-corrected chi connectivity index (χ1v) is 9.55. The number of carboxylic acid groups (broad SMARTS) is 1. The van der Waals surface area contributed by atoms with Crippen LogP contribution in [-0.2, 0) is 11.2 Å². The molecular formula is C22H28N2O4. The van der Waals surface area contributed by atoms with Gasteiger partial charge in [-0.2, -0.15) is 0 Å². The smallest absolute Gasteiger partial charge is 0.321 e. The summed E-state index contributed by atoms with van der Waals surface area (Å²) in [5.74, 6) is -0.111. The highest BCUT2D eigenvalue weighted by molar-refractivity contribution is 5.92. The molecule has 0 unspecified atom stereocenters. The Morgan fingerprint density at radius 2 is 1.93 bits per heavy atom. The van der Waals surface area contributed by atoms with Crippen LogP contribution in [0.25, 0.3) is 11.1 Å². The number of hydrogen-bond acceptors (Lipinski definition) is 3. The molecule has 2 aromatic carbocycles. The molecule has 0 aliphatic carbocycles. The van der Waals surface area contributed by atoms with Gasteiger partial charge >= 0.3 is 12.0 Å². The maximum Gasteiger partial charge on any atom is 0.321 e. The fraction of sp³-hybridized carbons (Fsp3) is 0.364. The maximum absolute atomic E-state index is 12.2. The number of nitrogens with one attached hydrogen (secondary N) is 1. The van der Waals surface area contributed by atoms with E-state index in [0.29, 0.717) is 25.3 Å². The topological polar surface area (TPSA) is 78.9 Å². The molecule has 0 radical (unpaired) electrons. The summed E-state index contributed by atoms with van der Waals surface area (Å²) < 4.78 is 5.80. The molecule has 0 saturated carbocycles. The van der Waals surface area contributed by atoms with E-state index in [1.807, 2.05) is 56.3 Å². The number of aliphatic carboxylic acids is 1. The predicted molar refractivity (Wildman–Crippen MR) is 111 cm³/mol. The number of rotatable bonds is 9. The molecule has 0 heterocycles. The number of urea groups is 1. The van der Waals surface area contributed by atoms with E-state index >= 15 is 0 Å². The number of aryl methyl sites for hydroxylation is 1. The van der Waals surface area contributed by atoms with Gasteiger partial charge in [-0.15, -0.1) is 0 Å². The zero-order chi connectivity index (χ0) is 20.5. The number of hydrogen-bond donors (Lipinski definition) is 2. The Bertz CT molecular complexity index is 820. The Morgan fingerprint density at radius 3 is 2.61 bits per heavy atom. The summed E-state index contributed by atoms with van der Waals surface area (Å²) in [6.45, 7) is 5.07. The van der Waals surface area contributed by atoms with E-state index in [9.17, 15) is 9.59 Å². The Kier molecular flexibility index (Phi) is 7.87. The number of amides is 2. The van der Waals surface area contributed by atoms with Crippen LogP contribution in [0.4, 0.5) is 10.5 Å². The van der Waals surface area contributed by atoms with Gasteiger partial charge in [0.15, 0.2) is 0 Å². The number of ether oxygens (including phenoxy) is 1. The zero-order valence-corrected chi connectivity index (χ0v) is 16.7. The lowest BCUT2D eigenvalue weighted by Gasteiger charge is -2.19. The summed E-state index contributed by atoms with van der Waals surface area (Å²) in [5, 5.41) is 11.8. The van der Waals surface area contributed by atoms with Gasteiger partial charge in [0, 0.05) is 31.3 Å². The molecule has 6 nitrogen and oxygen atoms in total. The summed E-state index contributed by atoms with van der Waals surface area (Å²) >= 11 is 0. The van der Waals surface area contributed by atoms with Crippen LogP contribution in [0.5, 0.6) is 5.75 Å².